The Hall–Kier alpha value is -1.89. The molecule has 1 heterocycles. The summed E-state index contributed by atoms with van der Waals surface area (Å²) in [5, 5.41) is 14.2. The first-order chi connectivity index (χ1) is 9.40. The molecule has 1 N–H and O–H groups in total. The van der Waals surface area contributed by atoms with E-state index < -0.39 is 4.92 Å². The zero-order valence-corrected chi connectivity index (χ0v) is 13.0. The Balaban J connectivity index is 2.29. The van der Waals surface area contributed by atoms with Crippen LogP contribution in [-0.4, -0.2) is 14.5 Å². The molecule has 1 atom stereocenters. The number of aromatic nitrogens is 2. The fourth-order valence-electron chi connectivity index (χ4n) is 1.92. The number of anilines is 1. The Bertz CT molecular complexity index is 637. The van der Waals surface area contributed by atoms with E-state index in [1.807, 2.05) is 31.2 Å². The van der Waals surface area contributed by atoms with E-state index in [1.54, 1.807) is 18.5 Å². The third-order valence-electron chi connectivity index (χ3n) is 3.20. The van der Waals surface area contributed by atoms with Gasteiger partial charge in [0.1, 0.15) is 0 Å². The predicted molar refractivity (Wildman–Crippen MR) is 80.8 cm³/mol. The van der Waals surface area contributed by atoms with Crippen molar-refractivity contribution in [3.63, 3.8) is 0 Å². The van der Waals surface area contributed by atoms with Crippen molar-refractivity contribution >= 4 is 27.6 Å². The van der Waals surface area contributed by atoms with Crippen LogP contribution in [0.1, 0.15) is 24.4 Å². The highest BCUT2D eigenvalue weighted by Crippen LogP contribution is 2.28. The van der Waals surface area contributed by atoms with E-state index in [0.29, 0.717) is 11.6 Å². The summed E-state index contributed by atoms with van der Waals surface area (Å²) in [4.78, 5) is 14.5. The van der Waals surface area contributed by atoms with Crippen LogP contribution in [0.5, 0.6) is 0 Å². The van der Waals surface area contributed by atoms with Gasteiger partial charge in [-0.3, -0.25) is 4.57 Å². The Morgan fingerprint density at radius 1 is 1.40 bits per heavy atom. The molecule has 0 aliphatic rings. The molecule has 106 valence electrons. The molecule has 0 aliphatic heterocycles. The molecule has 6 nitrogen and oxygen atoms in total. The maximum Gasteiger partial charge on any atom is 0.406 e. The lowest BCUT2D eigenvalue weighted by Crippen LogP contribution is -2.11. The van der Waals surface area contributed by atoms with Crippen LogP contribution in [0.2, 0.25) is 0 Å². The van der Waals surface area contributed by atoms with Gasteiger partial charge in [0.15, 0.2) is 0 Å². The summed E-state index contributed by atoms with van der Waals surface area (Å²) in [6.07, 6.45) is 0. The fraction of sp³-hybridized carbons (Fsp3) is 0.308. The summed E-state index contributed by atoms with van der Waals surface area (Å²) in [5.74, 6) is 0.874. The molecule has 0 aliphatic carbocycles. The third kappa shape index (κ3) is 2.82. The van der Waals surface area contributed by atoms with Gasteiger partial charge in [0.25, 0.3) is 0 Å². The predicted octanol–water partition coefficient (Wildman–Crippen LogP) is 3.57. The molecule has 1 aromatic carbocycles. The second-order valence-corrected chi connectivity index (χ2v) is 5.48. The van der Waals surface area contributed by atoms with Crippen molar-refractivity contribution in [2.45, 2.75) is 19.9 Å². The second-order valence-electron chi connectivity index (χ2n) is 4.56. The van der Waals surface area contributed by atoms with Crippen LogP contribution in [0, 0.1) is 17.0 Å². The fourth-order valence-corrected chi connectivity index (χ4v) is 2.19. The standard InChI is InChI=1S/C13H15BrN4O2/c1-8(10-4-6-11(14)7-5-10)15-12-13(18(19)20)16-9(2)17(12)3/h4-8,15H,1-3H3. The van der Waals surface area contributed by atoms with Crippen molar-refractivity contribution in [2.24, 2.45) is 7.05 Å². The number of nitrogens with zero attached hydrogens (tertiary/aromatic N) is 3. The van der Waals surface area contributed by atoms with Gasteiger partial charge in [-0.2, -0.15) is 0 Å². The molecule has 0 radical (unpaired) electrons. The van der Waals surface area contributed by atoms with Crippen molar-refractivity contribution in [2.75, 3.05) is 5.32 Å². The lowest BCUT2D eigenvalue weighted by Gasteiger charge is -2.15. The molecule has 7 heteroatoms. The molecule has 0 fully saturated rings. The Morgan fingerprint density at radius 3 is 2.55 bits per heavy atom. The summed E-state index contributed by atoms with van der Waals surface area (Å²) in [6.45, 7) is 3.69. The van der Waals surface area contributed by atoms with Crippen LogP contribution in [0.25, 0.3) is 0 Å². The zero-order chi connectivity index (χ0) is 14.9. The minimum atomic E-state index is -0.469. The van der Waals surface area contributed by atoms with Gasteiger partial charge in [0.2, 0.25) is 11.6 Å². The number of nitrogens with one attached hydrogen (secondary N) is 1. The highest BCUT2D eigenvalue weighted by Gasteiger charge is 2.24. The average molecular weight is 339 g/mol. The number of halogens is 1. The van der Waals surface area contributed by atoms with Crippen LogP contribution in [0.15, 0.2) is 28.7 Å². The summed E-state index contributed by atoms with van der Waals surface area (Å²) >= 11 is 3.38. The van der Waals surface area contributed by atoms with Crippen LogP contribution in [0.3, 0.4) is 0 Å². The smallest absolute Gasteiger partial charge is 0.358 e. The lowest BCUT2D eigenvalue weighted by atomic mass is 10.1. The van der Waals surface area contributed by atoms with Gasteiger partial charge in [-0.15, -0.1) is 0 Å². The Labute approximate surface area is 125 Å². The first-order valence-corrected chi connectivity index (χ1v) is 6.89. The van der Waals surface area contributed by atoms with E-state index in [1.165, 1.54) is 0 Å². The molecule has 20 heavy (non-hydrogen) atoms. The van der Waals surface area contributed by atoms with Crippen LogP contribution in [-0.2, 0) is 7.05 Å². The summed E-state index contributed by atoms with van der Waals surface area (Å²) in [6, 6.07) is 7.76. The second kappa shape index (κ2) is 5.62. The van der Waals surface area contributed by atoms with E-state index >= 15 is 0 Å². The average Bonchev–Trinajstić information content (AvgIpc) is 2.68. The molecular weight excluding hydrogens is 324 g/mol. The highest BCUT2D eigenvalue weighted by atomic mass is 79.9. The van der Waals surface area contributed by atoms with Crippen molar-refractivity contribution in [1.82, 2.24) is 9.55 Å². The SMILES string of the molecule is Cc1nc([N+](=O)[O-])c(NC(C)c2ccc(Br)cc2)n1C. The molecular formula is C13H15BrN4O2. The molecule has 0 spiro atoms. The van der Waals surface area contributed by atoms with Gasteiger partial charge in [-0.25, -0.2) is 0 Å². The molecule has 1 aromatic heterocycles. The molecule has 0 saturated heterocycles. The molecule has 1 unspecified atom stereocenters. The first-order valence-electron chi connectivity index (χ1n) is 6.10. The zero-order valence-electron chi connectivity index (χ0n) is 11.4. The van der Waals surface area contributed by atoms with Crippen LogP contribution >= 0.6 is 15.9 Å². The van der Waals surface area contributed by atoms with Gasteiger partial charge in [-0.1, -0.05) is 28.1 Å². The summed E-state index contributed by atoms with van der Waals surface area (Å²) in [7, 11) is 1.76. The van der Waals surface area contributed by atoms with Gasteiger partial charge in [0, 0.05) is 18.4 Å². The van der Waals surface area contributed by atoms with Crippen LogP contribution < -0.4 is 5.32 Å². The topological polar surface area (TPSA) is 73.0 Å². The van der Waals surface area contributed by atoms with Gasteiger partial charge in [-0.05, 0) is 34.5 Å². The first kappa shape index (κ1) is 14.5. The summed E-state index contributed by atoms with van der Waals surface area (Å²) < 4.78 is 2.68. The number of nitro groups is 1. The minimum Gasteiger partial charge on any atom is -0.358 e. The van der Waals surface area contributed by atoms with Gasteiger partial charge < -0.3 is 15.4 Å². The van der Waals surface area contributed by atoms with Crippen molar-refractivity contribution < 1.29 is 4.92 Å². The van der Waals surface area contributed by atoms with Gasteiger partial charge >= 0.3 is 5.82 Å². The minimum absolute atomic E-state index is 0.0587. The maximum absolute atomic E-state index is 11.0. The lowest BCUT2D eigenvalue weighted by molar-refractivity contribution is -0.388. The van der Waals surface area contributed by atoms with E-state index in [2.05, 4.69) is 26.2 Å². The van der Waals surface area contributed by atoms with Crippen molar-refractivity contribution in [1.29, 1.82) is 0 Å². The van der Waals surface area contributed by atoms with Crippen molar-refractivity contribution in [3.8, 4) is 0 Å². The molecule has 2 aromatic rings. The molecule has 2 rings (SSSR count). The molecule has 0 bridgehead atoms. The number of benzene rings is 1. The third-order valence-corrected chi connectivity index (χ3v) is 3.73. The number of imidazole rings is 1. The molecule has 0 amide bonds. The number of hydrogen-bond donors (Lipinski definition) is 1. The highest BCUT2D eigenvalue weighted by molar-refractivity contribution is 9.10. The van der Waals surface area contributed by atoms with E-state index in [-0.39, 0.29) is 11.9 Å². The maximum atomic E-state index is 11.0. The van der Waals surface area contributed by atoms with E-state index in [4.69, 9.17) is 0 Å². The molecule has 0 saturated carbocycles. The van der Waals surface area contributed by atoms with E-state index in [0.717, 1.165) is 10.0 Å². The van der Waals surface area contributed by atoms with E-state index in [9.17, 15) is 10.1 Å². The Kier molecular flexibility index (Phi) is 4.08. The van der Waals surface area contributed by atoms with Crippen molar-refractivity contribution in [3.05, 3.63) is 50.2 Å². The number of rotatable bonds is 4. The largest absolute Gasteiger partial charge is 0.406 e. The number of aryl methyl sites for hydroxylation is 1. The number of hydrogen-bond acceptors (Lipinski definition) is 4. The Morgan fingerprint density at radius 2 is 2.00 bits per heavy atom. The summed E-state index contributed by atoms with van der Waals surface area (Å²) in [5.41, 5.74) is 1.04. The quantitative estimate of drug-likeness (QED) is 0.683. The van der Waals surface area contributed by atoms with Gasteiger partial charge in [0.05, 0.1) is 6.04 Å². The van der Waals surface area contributed by atoms with Crippen LogP contribution in [0.4, 0.5) is 11.6 Å². The normalized spacial score (nSPS) is 12.2. The monoisotopic (exact) mass is 338 g/mol.